The fourth-order valence-electron chi connectivity index (χ4n) is 3.98. The van der Waals surface area contributed by atoms with Crippen LogP contribution >= 0.6 is 15.9 Å². The zero-order valence-corrected chi connectivity index (χ0v) is 23.1. The highest BCUT2D eigenvalue weighted by Gasteiger charge is 2.29. The van der Waals surface area contributed by atoms with Crippen LogP contribution in [0.4, 0.5) is 10.5 Å². The van der Waals surface area contributed by atoms with E-state index in [1.54, 1.807) is 48.9 Å². The van der Waals surface area contributed by atoms with E-state index in [0.717, 1.165) is 4.47 Å². The number of rotatable bonds is 8. The standard InChI is InChI=1S/C26H30BrN5O6/c1-4-36-26(35)31-13-11-30(12-14-31)25(34)18(3)32-15-21(17(2)29-32)28-24(33)23-10-9-19(38-23)16-37-22-8-6-5-7-20(22)27/h5-10,15,18H,4,11-14,16H2,1-3H3,(H,28,33). The first-order chi connectivity index (χ1) is 18.3. The van der Waals surface area contributed by atoms with Gasteiger partial charge in [-0.05, 0) is 61.0 Å². The topological polar surface area (TPSA) is 119 Å². The van der Waals surface area contributed by atoms with Gasteiger partial charge >= 0.3 is 6.09 Å². The maximum atomic E-state index is 13.1. The van der Waals surface area contributed by atoms with Gasteiger partial charge in [-0.2, -0.15) is 5.10 Å². The molecule has 1 fully saturated rings. The van der Waals surface area contributed by atoms with Gasteiger partial charge in [0.05, 0.1) is 22.5 Å². The summed E-state index contributed by atoms with van der Waals surface area (Å²) >= 11 is 3.43. The lowest BCUT2D eigenvalue weighted by atomic mass is 10.2. The van der Waals surface area contributed by atoms with Crippen LogP contribution in [0.25, 0.3) is 0 Å². The lowest BCUT2D eigenvalue weighted by Crippen LogP contribution is -2.52. The first-order valence-electron chi connectivity index (χ1n) is 12.3. The summed E-state index contributed by atoms with van der Waals surface area (Å²) < 4.78 is 18.8. The van der Waals surface area contributed by atoms with Gasteiger partial charge < -0.3 is 29.0 Å². The molecule has 3 heterocycles. The molecule has 3 amide bonds. The number of hydrogen-bond donors (Lipinski definition) is 1. The summed E-state index contributed by atoms with van der Waals surface area (Å²) in [4.78, 5) is 41.1. The number of hydrogen-bond acceptors (Lipinski definition) is 7. The van der Waals surface area contributed by atoms with Crippen molar-refractivity contribution in [3.63, 3.8) is 0 Å². The monoisotopic (exact) mass is 587 g/mol. The van der Waals surface area contributed by atoms with E-state index >= 15 is 0 Å². The number of para-hydroxylation sites is 1. The highest BCUT2D eigenvalue weighted by molar-refractivity contribution is 9.10. The Balaban J connectivity index is 1.32. The molecule has 3 aromatic rings. The molecule has 1 atom stereocenters. The molecular weight excluding hydrogens is 558 g/mol. The largest absolute Gasteiger partial charge is 0.484 e. The zero-order chi connectivity index (χ0) is 27.2. The molecule has 11 nitrogen and oxygen atoms in total. The van der Waals surface area contributed by atoms with Crippen molar-refractivity contribution in [2.24, 2.45) is 0 Å². The van der Waals surface area contributed by atoms with E-state index in [-0.39, 0.29) is 24.4 Å². The molecule has 1 aliphatic rings. The predicted molar refractivity (Wildman–Crippen MR) is 142 cm³/mol. The second-order valence-corrected chi connectivity index (χ2v) is 9.59. The Kier molecular flexibility index (Phi) is 8.72. The predicted octanol–water partition coefficient (Wildman–Crippen LogP) is 4.24. The molecule has 1 N–H and O–H groups in total. The van der Waals surface area contributed by atoms with E-state index in [1.165, 1.54) is 4.68 Å². The number of nitrogens with zero attached hydrogens (tertiary/aromatic N) is 4. The highest BCUT2D eigenvalue weighted by Crippen LogP contribution is 2.25. The molecular formula is C26H30BrN5O6. The molecule has 4 rings (SSSR count). The first kappa shape index (κ1) is 27.2. The van der Waals surface area contributed by atoms with Crippen LogP contribution < -0.4 is 10.1 Å². The van der Waals surface area contributed by atoms with Gasteiger partial charge in [-0.1, -0.05) is 12.1 Å². The average Bonchev–Trinajstić information content (AvgIpc) is 3.54. The van der Waals surface area contributed by atoms with Crippen LogP contribution in [0.5, 0.6) is 5.75 Å². The number of carbonyl (C=O) groups excluding carboxylic acids is 3. The second kappa shape index (κ2) is 12.2. The fraction of sp³-hybridized carbons (Fsp3) is 0.385. The highest BCUT2D eigenvalue weighted by atomic mass is 79.9. The number of halogens is 1. The number of ether oxygens (including phenoxy) is 2. The van der Waals surface area contributed by atoms with Crippen molar-refractivity contribution in [2.45, 2.75) is 33.4 Å². The van der Waals surface area contributed by atoms with Crippen molar-refractivity contribution in [3.05, 3.63) is 64.3 Å². The van der Waals surface area contributed by atoms with Crippen molar-refractivity contribution in [1.82, 2.24) is 19.6 Å². The van der Waals surface area contributed by atoms with E-state index in [9.17, 15) is 14.4 Å². The van der Waals surface area contributed by atoms with Crippen molar-refractivity contribution in [2.75, 3.05) is 38.1 Å². The first-order valence-corrected chi connectivity index (χ1v) is 13.1. The number of carbonyl (C=O) groups is 3. The van der Waals surface area contributed by atoms with Gasteiger partial charge in [0.15, 0.2) is 5.76 Å². The molecule has 38 heavy (non-hydrogen) atoms. The molecule has 202 valence electrons. The number of aromatic nitrogens is 2. The Morgan fingerprint density at radius 2 is 1.82 bits per heavy atom. The van der Waals surface area contributed by atoms with Crippen LogP contribution in [0.1, 0.15) is 41.9 Å². The van der Waals surface area contributed by atoms with Crippen LogP contribution in [-0.2, 0) is 16.1 Å². The van der Waals surface area contributed by atoms with Gasteiger partial charge in [-0.15, -0.1) is 0 Å². The Labute approximate surface area is 228 Å². The number of piperazine rings is 1. The van der Waals surface area contributed by atoms with Crippen molar-refractivity contribution in [1.29, 1.82) is 0 Å². The van der Waals surface area contributed by atoms with E-state index in [4.69, 9.17) is 13.9 Å². The van der Waals surface area contributed by atoms with Crippen molar-refractivity contribution in [3.8, 4) is 5.75 Å². The van der Waals surface area contributed by atoms with Gasteiger partial charge in [0.25, 0.3) is 5.91 Å². The van der Waals surface area contributed by atoms with Crippen LogP contribution in [0.15, 0.2) is 51.5 Å². The van der Waals surface area contributed by atoms with Gasteiger partial charge in [-0.3, -0.25) is 14.3 Å². The summed E-state index contributed by atoms with van der Waals surface area (Å²) in [6.07, 6.45) is 1.26. The third kappa shape index (κ3) is 6.36. The minimum Gasteiger partial charge on any atom is -0.484 e. The van der Waals surface area contributed by atoms with E-state index < -0.39 is 11.9 Å². The average molecular weight is 588 g/mol. The molecule has 12 heteroatoms. The minimum absolute atomic E-state index is 0.116. The maximum Gasteiger partial charge on any atom is 0.409 e. The SMILES string of the molecule is CCOC(=O)N1CCN(C(=O)C(C)n2cc(NC(=O)c3ccc(COc4ccccc4Br)o3)c(C)n2)CC1. The third-order valence-corrected chi connectivity index (χ3v) is 6.78. The maximum absolute atomic E-state index is 13.1. The van der Waals surface area contributed by atoms with E-state index in [1.807, 2.05) is 24.3 Å². The Bertz CT molecular complexity index is 1300. The van der Waals surface area contributed by atoms with Crippen molar-refractivity contribution >= 4 is 39.5 Å². The number of anilines is 1. The smallest absolute Gasteiger partial charge is 0.409 e. The molecule has 2 aromatic heterocycles. The Morgan fingerprint density at radius 3 is 2.53 bits per heavy atom. The molecule has 0 radical (unpaired) electrons. The summed E-state index contributed by atoms with van der Waals surface area (Å²) in [6.45, 7) is 7.40. The summed E-state index contributed by atoms with van der Waals surface area (Å²) in [6, 6.07) is 10.1. The van der Waals surface area contributed by atoms with Gasteiger partial charge in [0.1, 0.15) is 24.2 Å². The molecule has 1 aromatic carbocycles. The number of benzene rings is 1. The lowest BCUT2D eigenvalue weighted by molar-refractivity contribution is -0.136. The summed E-state index contributed by atoms with van der Waals surface area (Å²) in [5, 5.41) is 7.23. The summed E-state index contributed by atoms with van der Waals surface area (Å²) in [7, 11) is 0. The summed E-state index contributed by atoms with van der Waals surface area (Å²) in [5.41, 5.74) is 1.04. The van der Waals surface area contributed by atoms with E-state index in [2.05, 4.69) is 26.3 Å². The molecule has 1 saturated heterocycles. The number of aryl methyl sites for hydroxylation is 1. The fourth-order valence-corrected chi connectivity index (χ4v) is 4.38. The Hall–Kier alpha value is -3.80. The van der Waals surface area contributed by atoms with Gasteiger partial charge in [0.2, 0.25) is 5.91 Å². The normalized spacial score (nSPS) is 14.2. The van der Waals surface area contributed by atoms with Crippen LogP contribution in [0.3, 0.4) is 0 Å². The quantitative estimate of drug-likeness (QED) is 0.418. The van der Waals surface area contributed by atoms with E-state index in [0.29, 0.717) is 55.7 Å². The Morgan fingerprint density at radius 1 is 1.11 bits per heavy atom. The lowest BCUT2D eigenvalue weighted by Gasteiger charge is -2.35. The molecule has 0 bridgehead atoms. The van der Waals surface area contributed by atoms with Crippen molar-refractivity contribution < 1.29 is 28.3 Å². The molecule has 1 unspecified atom stereocenters. The molecule has 0 saturated carbocycles. The third-order valence-electron chi connectivity index (χ3n) is 6.13. The van der Waals surface area contributed by atoms with Crippen LogP contribution in [0, 0.1) is 6.92 Å². The van der Waals surface area contributed by atoms with Gasteiger partial charge in [0, 0.05) is 32.4 Å². The second-order valence-electron chi connectivity index (χ2n) is 8.73. The number of furan rings is 1. The zero-order valence-electron chi connectivity index (χ0n) is 21.5. The van der Waals surface area contributed by atoms with Crippen LogP contribution in [-0.4, -0.2) is 70.3 Å². The molecule has 1 aliphatic heterocycles. The number of nitrogens with one attached hydrogen (secondary N) is 1. The molecule has 0 aliphatic carbocycles. The molecule has 0 spiro atoms. The minimum atomic E-state index is -0.585. The summed E-state index contributed by atoms with van der Waals surface area (Å²) in [5.74, 6) is 0.748. The van der Waals surface area contributed by atoms with Gasteiger partial charge in [-0.25, -0.2) is 4.79 Å². The number of amides is 3. The van der Waals surface area contributed by atoms with Crippen LogP contribution in [0.2, 0.25) is 0 Å².